The number of carbonyl (C=O) groups excluding carboxylic acids is 1. The molecule has 0 spiro atoms. The predicted octanol–water partition coefficient (Wildman–Crippen LogP) is 0.392. The van der Waals surface area contributed by atoms with Crippen molar-refractivity contribution in [2.24, 2.45) is 0 Å². The number of thioether (sulfide) groups is 1. The van der Waals surface area contributed by atoms with Crippen LogP contribution in [0.2, 0.25) is 0 Å². The van der Waals surface area contributed by atoms with Gasteiger partial charge < -0.3 is 5.32 Å². The molecule has 0 bridgehead atoms. The van der Waals surface area contributed by atoms with Gasteiger partial charge in [-0.2, -0.15) is 0 Å². The molecule has 3 unspecified atom stereocenters. The van der Waals surface area contributed by atoms with E-state index in [9.17, 15) is 4.79 Å². The fraction of sp³-hybridized carbons (Fsp3) is 0.917. The second-order valence-corrected chi connectivity index (χ2v) is 6.30. The van der Waals surface area contributed by atoms with Gasteiger partial charge in [-0.25, -0.2) is 0 Å². The molecule has 3 saturated heterocycles. The van der Waals surface area contributed by atoms with Crippen molar-refractivity contribution >= 4 is 17.7 Å². The van der Waals surface area contributed by atoms with Crippen LogP contribution in [0.4, 0.5) is 0 Å². The molecule has 17 heavy (non-hydrogen) atoms. The molecule has 3 aliphatic rings. The van der Waals surface area contributed by atoms with Crippen LogP contribution in [0.15, 0.2) is 0 Å². The molecule has 3 heterocycles. The lowest BCUT2D eigenvalue weighted by atomic mass is 9.99. The standard InChI is InChI=1S/C12H21N3OS/c16-12(10-7-17-8-13-10)14-9-4-6-15-5-2-1-3-11(9)15/h9-11,13H,1-8H2,(H,14,16). The number of carbonyl (C=O) groups is 1. The SMILES string of the molecule is O=C(NC1CCN2CCCCC12)C1CSCN1. The van der Waals surface area contributed by atoms with E-state index in [0.29, 0.717) is 12.1 Å². The Bertz CT molecular complexity index is 293. The third-order valence-electron chi connectivity index (χ3n) is 4.22. The lowest BCUT2D eigenvalue weighted by Crippen LogP contribution is -2.51. The number of rotatable bonds is 2. The first-order valence-corrected chi connectivity index (χ1v) is 7.85. The van der Waals surface area contributed by atoms with Crippen LogP contribution in [0, 0.1) is 0 Å². The second kappa shape index (κ2) is 5.16. The van der Waals surface area contributed by atoms with E-state index in [4.69, 9.17) is 0 Å². The summed E-state index contributed by atoms with van der Waals surface area (Å²) in [5, 5.41) is 6.50. The Morgan fingerprint density at radius 3 is 3.06 bits per heavy atom. The van der Waals surface area contributed by atoms with Gasteiger partial charge in [0, 0.05) is 30.3 Å². The summed E-state index contributed by atoms with van der Waals surface area (Å²) >= 11 is 1.81. The Labute approximate surface area is 107 Å². The van der Waals surface area contributed by atoms with E-state index in [2.05, 4.69) is 15.5 Å². The number of amides is 1. The molecule has 0 aromatic carbocycles. The van der Waals surface area contributed by atoms with Crippen molar-refractivity contribution in [3.63, 3.8) is 0 Å². The minimum Gasteiger partial charge on any atom is -0.350 e. The molecule has 2 N–H and O–H groups in total. The van der Waals surface area contributed by atoms with E-state index in [0.717, 1.165) is 18.1 Å². The van der Waals surface area contributed by atoms with Crippen molar-refractivity contribution in [2.75, 3.05) is 24.7 Å². The first-order valence-electron chi connectivity index (χ1n) is 6.70. The van der Waals surface area contributed by atoms with Gasteiger partial charge >= 0.3 is 0 Å². The Morgan fingerprint density at radius 2 is 2.24 bits per heavy atom. The molecular weight excluding hydrogens is 234 g/mol. The molecule has 3 rings (SSSR count). The molecule has 3 fully saturated rings. The van der Waals surface area contributed by atoms with Crippen LogP contribution >= 0.6 is 11.8 Å². The molecule has 3 aliphatic heterocycles. The summed E-state index contributed by atoms with van der Waals surface area (Å²) in [6, 6.07) is 1.05. The van der Waals surface area contributed by atoms with Crippen LogP contribution in [0.3, 0.4) is 0 Å². The first-order chi connectivity index (χ1) is 8.34. The van der Waals surface area contributed by atoms with Gasteiger partial charge in [0.2, 0.25) is 5.91 Å². The minimum absolute atomic E-state index is 0.0395. The molecule has 0 saturated carbocycles. The maximum absolute atomic E-state index is 12.1. The molecule has 0 aromatic heterocycles. The van der Waals surface area contributed by atoms with Crippen LogP contribution in [-0.4, -0.2) is 53.7 Å². The molecule has 96 valence electrons. The zero-order chi connectivity index (χ0) is 11.7. The van der Waals surface area contributed by atoms with E-state index in [1.807, 2.05) is 11.8 Å². The zero-order valence-corrected chi connectivity index (χ0v) is 11.0. The Hall–Kier alpha value is -0.260. The number of hydrogen-bond donors (Lipinski definition) is 2. The maximum atomic E-state index is 12.1. The summed E-state index contributed by atoms with van der Waals surface area (Å²) in [6.45, 7) is 2.40. The van der Waals surface area contributed by atoms with Gasteiger partial charge in [0.05, 0.1) is 6.04 Å². The van der Waals surface area contributed by atoms with Crippen molar-refractivity contribution in [3.8, 4) is 0 Å². The average molecular weight is 255 g/mol. The van der Waals surface area contributed by atoms with Crippen molar-refractivity contribution in [2.45, 2.75) is 43.8 Å². The van der Waals surface area contributed by atoms with Crippen molar-refractivity contribution in [3.05, 3.63) is 0 Å². The predicted molar refractivity (Wildman–Crippen MR) is 70.0 cm³/mol. The Kier molecular flexibility index (Phi) is 3.59. The molecule has 3 atom stereocenters. The monoisotopic (exact) mass is 255 g/mol. The topological polar surface area (TPSA) is 44.4 Å². The van der Waals surface area contributed by atoms with Gasteiger partial charge in [0.15, 0.2) is 0 Å². The van der Waals surface area contributed by atoms with Gasteiger partial charge in [0.1, 0.15) is 0 Å². The van der Waals surface area contributed by atoms with Gasteiger partial charge in [0.25, 0.3) is 0 Å². The molecule has 0 aliphatic carbocycles. The van der Waals surface area contributed by atoms with Gasteiger partial charge in [-0.3, -0.25) is 15.0 Å². The van der Waals surface area contributed by atoms with Crippen LogP contribution < -0.4 is 10.6 Å². The van der Waals surface area contributed by atoms with Gasteiger partial charge in [-0.1, -0.05) is 6.42 Å². The average Bonchev–Trinajstić information content (AvgIpc) is 2.98. The summed E-state index contributed by atoms with van der Waals surface area (Å²) in [4.78, 5) is 14.6. The summed E-state index contributed by atoms with van der Waals surface area (Å²) in [5.41, 5.74) is 0. The number of piperidine rings is 1. The third kappa shape index (κ3) is 2.46. The Morgan fingerprint density at radius 1 is 1.29 bits per heavy atom. The number of nitrogens with one attached hydrogen (secondary N) is 2. The summed E-state index contributed by atoms with van der Waals surface area (Å²) < 4.78 is 0. The van der Waals surface area contributed by atoms with E-state index >= 15 is 0 Å². The first kappa shape index (κ1) is 11.8. The van der Waals surface area contributed by atoms with Crippen LogP contribution in [0.5, 0.6) is 0 Å². The van der Waals surface area contributed by atoms with Crippen LogP contribution in [0.25, 0.3) is 0 Å². The number of fused-ring (bicyclic) bond motifs is 1. The lowest BCUT2D eigenvalue weighted by molar-refractivity contribution is -0.123. The lowest BCUT2D eigenvalue weighted by Gasteiger charge is -2.32. The third-order valence-corrected chi connectivity index (χ3v) is 5.16. The quantitative estimate of drug-likeness (QED) is 0.749. The Balaban J connectivity index is 1.56. The largest absolute Gasteiger partial charge is 0.350 e. The minimum atomic E-state index is 0.0395. The highest BCUT2D eigenvalue weighted by Crippen LogP contribution is 2.27. The van der Waals surface area contributed by atoms with E-state index in [1.54, 1.807) is 0 Å². The van der Waals surface area contributed by atoms with E-state index in [-0.39, 0.29) is 11.9 Å². The van der Waals surface area contributed by atoms with Gasteiger partial charge in [-0.05, 0) is 25.8 Å². The van der Waals surface area contributed by atoms with E-state index < -0.39 is 0 Å². The summed E-state index contributed by atoms with van der Waals surface area (Å²) in [5.74, 6) is 2.05. The molecule has 0 radical (unpaired) electrons. The molecule has 4 nitrogen and oxygen atoms in total. The molecule has 5 heteroatoms. The van der Waals surface area contributed by atoms with Gasteiger partial charge in [-0.15, -0.1) is 11.8 Å². The van der Waals surface area contributed by atoms with Crippen molar-refractivity contribution < 1.29 is 4.79 Å². The van der Waals surface area contributed by atoms with E-state index in [1.165, 1.54) is 32.4 Å². The van der Waals surface area contributed by atoms with Crippen molar-refractivity contribution in [1.82, 2.24) is 15.5 Å². The van der Waals surface area contributed by atoms with Crippen LogP contribution in [-0.2, 0) is 4.79 Å². The number of hydrogen-bond acceptors (Lipinski definition) is 4. The highest BCUT2D eigenvalue weighted by Gasteiger charge is 2.37. The van der Waals surface area contributed by atoms with Crippen LogP contribution in [0.1, 0.15) is 25.7 Å². The van der Waals surface area contributed by atoms with Crippen molar-refractivity contribution in [1.29, 1.82) is 0 Å². The zero-order valence-electron chi connectivity index (χ0n) is 10.2. The summed E-state index contributed by atoms with van der Waals surface area (Å²) in [7, 11) is 0. The number of nitrogens with zero attached hydrogens (tertiary/aromatic N) is 1. The fourth-order valence-corrected chi connectivity index (χ4v) is 4.20. The summed E-state index contributed by atoms with van der Waals surface area (Å²) in [6.07, 6.45) is 5.05. The highest BCUT2D eigenvalue weighted by molar-refractivity contribution is 7.99. The molecule has 0 aromatic rings. The maximum Gasteiger partial charge on any atom is 0.238 e. The highest BCUT2D eigenvalue weighted by atomic mass is 32.2. The second-order valence-electron chi connectivity index (χ2n) is 5.27. The fourth-order valence-electron chi connectivity index (χ4n) is 3.26. The molecule has 1 amide bonds. The normalized spacial score (nSPS) is 38.0. The smallest absolute Gasteiger partial charge is 0.238 e. The molecular formula is C12H21N3OS.